The number of benzene rings is 1. The molecule has 1 atom stereocenters. The number of amides is 2. The second kappa shape index (κ2) is 5.66. The Kier molecular flexibility index (Phi) is 3.89. The van der Waals surface area contributed by atoms with Gasteiger partial charge in [0, 0.05) is 16.9 Å². The van der Waals surface area contributed by atoms with Gasteiger partial charge < -0.3 is 5.32 Å². The molecular weight excluding hydrogens is 320 g/mol. The maximum absolute atomic E-state index is 11.7. The summed E-state index contributed by atoms with van der Waals surface area (Å²) in [7, 11) is 0. The van der Waals surface area contributed by atoms with E-state index in [0.717, 1.165) is 17.3 Å². The molecule has 0 spiro atoms. The molecule has 2 fully saturated rings. The fourth-order valence-electron chi connectivity index (χ4n) is 2.95. The topological polar surface area (TPSA) is 58.2 Å². The second-order valence-electron chi connectivity index (χ2n) is 5.56. The van der Waals surface area contributed by atoms with Crippen LogP contribution in [0.25, 0.3) is 0 Å². The Morgan fingerprint density at radius 2 is 1.95 bits per heavy atom. The van der Waals surface area contributed by atoms with Crippen LogP contribution in [0, 0.1) is 0 Å². The third kappa shape index (κ3) is 2.79. The molecule has 2 N–H and O–H groups in total. The van der Waals surface area contributed by atoms with Crippen LogP contribution in [0.1, 0.15) is 37.2 Å². The molecule has 106 valence electrons. The molecule has 1 aromatic rings. The lowest BCUT2D eigenvalue weighted by atomic mass is 9.75. The maximum Gasteiger partial charge on any atom is 0.243 e. The van der Waals surface area contributed by atoms with Crippen LogP contribution in [-0.4, -0.2) is 23.9 Å². The van der Waals surface area contributed by atoms with Crippen molar-refractivity contribution in [1.29, 1.82) is 0 Å². The van der Waals surface area contributed by atoms with Crippen LogP contribution in [0.4, 0.5) is 0 Å². The second-order valence-corrected chi connectivity index (χ2v) is 6.41. The summed E-state index contributed by atoms with van der Waals surface area (Å²) < 4.78 is 1.16. The van der Waals surface area contributed by atoms with Crippen LogP contribution in [0.3, 0.4) is 0 Å². The van der Waals surface area contributed by atoms with Gasteiger partial charge in [0.2, 0.25) is 11.8 Å². The molecule has 0 aromatic heterocycles. The van der Waals surface area contributed by atoms with Crippen LogP contribution in [-0.2, 0) is 9.59 Å². The van der Waals surface area contributed by atoms with Gasteiger partial charge in [0.05, 0.1) is 6.04 Å². The predicted octanol–water partition coefficient (Wildman–Crippen LogP) is 2.09. The first-order valence-corrected chi connectivity index (χ1v) is 7.77. The minimum absolute atomic E-state index is 0.159. The van der Waals surface area contributed by atoms with E-state index in [4.69, 9.17) is 0 Å². The first kappa shape index (κ1) is 13.8. The van der Waals surface area contributed by atoms with E-state index in [1.54, 1.807) is 0 Å². The highest BCUT2D eigenvalue weighted by Crippen LogP contribution is 2.40. The molecule has 0 radical (unpaired) electrons. The van der Waals surface area contributed by atoms with Crippen molar-refractivity contribution in [2.75, 3.05) is 0 Å². The van der Waals surface area contributed by atoms with E-state index in [-0.39, 0.29) is 17.9 Å². The average molecular weight is 337 g/mol. The quantitative estimate of drug-likeness (QED) is 0.831. The van der Waals surface area contributed by atoms with Crippen molar-refractivity contribution in [3.8, 4) is 0 Å². The normalized spacial score (nSPS) is 29.8. The van der Waals surface area contributed by atoms with Gasteiger partial charge in [-0.1, -0.05) is 34.1 Å². The van der Waals surface area contributed by atoms with E-state index in [1.807, 2.05) is 6.07 Å². The number of hydrogen-bond donors (Lipinski definition) is 2. The Morgan fingerprint density at radius 3 is 2.65 bits per heavy atom. The Morgan fingerprint density at radius 1 is 1.20 bits per heavy atom. The minimum Gasteiger partial charge on any atom is -0.303 e. The van der Waals surface area contributed by atoms with Crippen LogP contribution >= 0.6 is 15.9 Å². The summed E-state index contributed by atoms with van der Waals surface area (Å²) in [5.74, 6) is 0.217. The first-order chi connectivity index (χ1) is 9.63. The van der Waals surface area contributed by atoms with E-state index in [1.165, 1.54) is 5.56 Å². The average Bonchev–Trinajstić information content (AvgIpc) is 2.37. The highest BCUT2D eigenvalue weighted by molar-refractivity contribution is 9.10. The predicted molar refractivity (Wildman–Crippen MR) is 79.2 cm³/mol. The van der Waals surface area contributed by atoms with Crippen molar-refractivity contribution in [3.05, 3.63) is 34.3 Å². The van der Waals surface area contributed by atoms with Gasteiger partial charge in [0.1, 0.15) is 0 Å². The van der Waals surface area contributed by atoms with Crippen molar-refractivity contribution < 1.29 is 9.59 Å². The van der Waals surface area contributed by atoms with Crippen LogP contribution in [0.15, 0.2) is 28.7 Å². The maximum atomic E-state index is 11.7. The van der Waals surface area contributed by atoms with E-state index < -0.39 is 0 Å². The van der Waals surface area contributed by atoms with E-state index in [9.17, 15) is 9.59 Å². The lowest BCUT2D eigenvalue weighted by molar-refractivity contribution is -0.135. The Balaban J connectivity index is 1.53. The lowest BCUT2D eigenvalue weighted by Crippen LogP contribution is -2.55. The summed E-state index contributed by atoms with van der Waals surface area (Å²) in [6.45, 7) is 0. The molecule has 2 aliphatic rings. The Labute approximate surface area is 126 Å². The molecule has 1 unspecified atom stereocenters. The molecule has 3 rings (SSSR count). The zero-order valence-corrected chi connectivity index (χ0v) is 12.7. The molecule has 1 aliphatic heterocycles. The van der Waals surface area contributed by atoms with Gasteiger partial charge in [0.15, 0.2) is 0 Å². The molecule has 0 bridgehead atoms. The van der Waals surface area contributed by atoms with Crippen LogP contribution < -0.4 is 10.6 Å². The van der Waals surface area contributed by atoms with Gasteiger partial charge in [-0.2, -0.15) is 0 Å². The number of piperidine rings is 1. The van der Waals surface area contributed by atoms with Gasteiger partial charge in [-0.15, -0.1) is 0 Å². The number of carbonyl (C=O) groups excluding carboxylic acids is 2. The molecular formula is C15H17BrN2O2. The number of hydrogen-bond acceptors (Lipinski definition) is 3. The Bertz CT molecular complexity index is 540. The highest BCUT2D eigenvalue weighted by Gasteiger charge is 2.35. The molecule has 1 aromatic carbocycles. The SMILES string of the molecule is O=C1CCC(NC2CC(c3ccccc3Br)C2)C(=O)N1. The largest absolute Gasteiger partial charge is 0.303 e. The van der Waals surface area contributed by atoms with Crippen molar-refractivity contribution in [2.45, 2.75) is 43.7 Å². The number of imide groups is 1. The van der Waals surface area contributed by atoms with E-state index in [2.05, 4.69) is 44.8 Å². The summed E-state index contributed by atoms with van der Waals surface area (Å²) in [5, 5.41) is 5.75. The van der Waals surface area contributed by atoms with Gasteiger partial charge in [-0.05, 0) is 36.8 Å². The third-order valence-corrected chi connectivity index (χ3v) is 4.88. The number of rotatable bonds is 3. The molecule has 5 heteroatoms. The van der Waals surface area contributed by atoms with Crippen LogP contribution in [0.5, 0.6) is 0 Å². The zero-order chi connectivity index (χ0) is 14.1. The standard InChI is InChI=1S/C15H17BrN2O2/c16-12-4-2-1-3-11(12)9-7-10(8-9)17-13-5-6-14(19)18-15(13)20/h1-4,9-10,13,17H,5-8H2,(H,18,19,20). The van der Waals surface area contributed by atoms with Gasteiger partial charge in [0.25, 0.3) is 0 Å². The lowest BCUT2D eigenvalue weighted by Gasteiger charge is -2.39. The molecule has 1 heterocycles. The van der Waals surface area contributed by atoms with Crippen molar-refractivity contribution in [1.82, 2.24) is 10.6 Å². The molecule has 1 saturated carbocycles. The first-order valence-electron chi connectivity index (χ1n) is 6.97. The summed E-state index contributed by atoms with van der Waals surface area (Å²) in [5.41, 5.74) is 1.34. The number of carbonyl (C=O) groups is 2. The molecule has 1 aliphatic carbocycles. The van der Waals surface area contributed by atoms with Crippen molar-refractivity contribution in [2.24, 2.45) is 0 Å². The minimum atomic E-state index is -0.210. The fraction of sp³-hybridized carbons (Fsp3) is 0.467. The number of halogens is 1. The van der Waals surface area contributed by atoms with Gasteiger partial charge >= 0.3 is 0 Å². The molecule has 20 heavy (non-hydrogen) atoms. The molecule has 4 nitrogen and oxygen atoms in total. The molecule has 2 amide bonds. The van der Waals surface area contributed by atoms with E-state index in [0.29, 0.717) is 24.8 Å². The number of nitrogens with one attached hydrogen (secondary N) is 2. The third-order valence-electron chi connectivity index (χ3n) is 4.16. The van der Waals surface area contributed by atoms with Crippen molar-refractivity contribution in [3.63, 3.8) is 0 Å². The summed E-state index contributed by atoms with van der Waals surface area (Å²) >= 11 is 3.58. The van der Waals surface area contributed by atoms with Crippen molar-refractivity contribution >= 4 is 27.7 Å². The summed E-state index contributed by atoms with van der Waals surface area (Å²) in [6.07, 6.45) is 3.13. The zero-order valence-electron chi connectivity index (χ0n) is 11.1. The summed E-state index contributed by atoms with van der Waals surface area (Å²) in [6, 6.07) is 8.45. The monoisotopic (exact) mass is 336 g/mol. The highest BCUT2D eigenvalue weighted by atomic mass is 79.9. The van der Waals surface area contributed by atoms with Crippen LogP contribution in [0.2, 0.25) is 0 Å². The Hall–Kier alpha value is -1.20. The van der Waals surface area contributed by atoms with E-state index >= 15 is 0 Å². The van der Waals surface area contributed by atoms with Gasteiger partial charge in [-0.3, -0.25) is 14.9 Å². The smallest absolute Gasteiger partial charge is 0.243 e. The van der Waals surface area contributed by atoms with Gasteiger partial charge in [-0.25, -0.2) is 0 Å². The molecule has 1 saturated heterocycles. The fourth-order valence-corrected chi connectivity index (χ4v) is 3.56. The summed E-state index contributed by atoms with van der Waals surface area (Å²) in [4.78, 5) is 22.8.